The Morgan fingerprint density at radius 3 is 2.28 bits per heavy atom. The van der Waals surface area contributed by atoms with E-state index < -0.39 is 0 Å². The number of piperidine rings is 1. The predicted octanol–water partition coefficient (Wildman–Crippen LogP) is 2.53. The van der Waals surface area contributed by atoms with Crippen LogP contribution in [0.25, 0.3) is 0 Å². The largest absolute Gasteiger partial charge is 0.340 e. The number of halogens is 3. The Kier molecular flexibility index (Phi) is 11.5. The van der Waals surface area contributed by atoms with Crippen molar-refractivity contribution >= 4 is 42.3 Å². The van der Waals surface area contributed by atoms with Crippen LogP contribution in [-0.2, 0) is 9.59 Å². The average molecular weight is 449 g/mol. The van der Waals surface area contributed by atoms with Gasteiger partial charge in [-0.3, -0.25) is 14.5 Å². The number of benzene rings is 1. The van der Waals surface area contributed by atoms with Gasteiger partial charge in [0.25, 0.3) is 0 Å². The summed E-state index contributed by atoms with van der Waals surface area (Å²) in [7, 11) is 0. The number of nitrogens with one attached hydrogen (secondary N) is 2. The zero-order valence-corrected chi connectivity index (χ0v) is 18.2. The third-order valence-electron chi connectivity index (χ3n) is 5.45. The maximum absolute atomic E-state index is 12.9. The lowest BCUT2D eigenvalue weighted by molar-refractivity contribution is -0.133. The molecule has 2 heterocycles. The Balaban J connectivity index is 0.00000210. The number of anilines is 1. The van der Waals surface area contributed by atoms with Crippen LogP contribution >= 0.6 is 24.8 Å². The van der Waals surface area contributed by atoms with E-state index in [1.807, 2.05) is 4.90 Å². The normalized spacial score (nSPS) is 17.8. The standard InChI is InChI=1S/C20H29FN4O2.2ClH/c21-17-2-4-18(5-3-17)23-19(26)15-24-11-13-25(14-12-24)20(27)6-1-16-7-9-22-10-8-16;;/h2-5,16,22H,1,6-15H2,(H,23,26);2*1H. The van der Waals surface area contributed by atoms with E-state index in [2.05, 4.69) is 15.5 Å². The summed E-state index contributed by atoms with van der Waals surface area (Å²) < 4.78 is 12.9. The molecule has 0 atom stereocenters. The molecule has 3 rings (SSSR count). The molecule has 2 aliphatic rings. The summed E-state index contributed by atoms with van der Waals surface area (Å²) in [6, 6.07) is 5.74. The Hall–Kier alpha value is -1.41. The molecule has 0 unspecified atom stereocenters. The molecule has 9 heteroatoms. The molecule has 29 heavy (non-hydrogen) atoms. The summed E-state index contributed by atoms with van der Waals surface area (Å²) in [6.45, 7) is 5.18. The van der Waals surface area contributed by atoms with Crippen LogP contribution in [0, 0.1) is 11.7 Å². The van der Waals surface area contributed by atoms with E-state index >= 15 is 0 Å². The van der Waals surface area contributed by atoms with Gasteiger partial charge in [0, 0.05) is 38.3 Å². The van der Waals surface area contributed by atoms with Crippen LogP contribution in [-0.4, -0.2) is 67.4 Å². The first kappa shape index (κ1) is 25.6. The van der Waals surface area contributed by atoms with E-state index in [1.165, 1.54) is 25.0 Å². The highest BCUT2D eigenvalue weighted by molar-refractivity contribution is 5.92. The fourth-order valence-corrected chi connectivity index (χ4v) is 3.75. The number of carbonyl (C=O) groups is 2. The summed E-state index contributed by atoms with van der Waals surface area (Å²) in [5.41, 5.74) is 0.591. The maximum atomic E-state index is 12.9. The Morgan fingerprint density at radius 2 is 1.66 bits per heavy atom. The fourth-order valence-electron chi connectivity index (χ4n) is 3.75. The first-order valence-electron chi connectivity index (χ1n) is 9.86. The number of piperazine rings is 1. The van der Waals surface area contributed by atoms with Crippen molar-refractivity contribution in [1.29, 1.82) is 0 Å². The van der Waals surface area contributed by atoms with Crippen LogP contribution in [0.1, 0.15) is 25.7 Å². The van der Waals surface area contributed by atoms with Crippen molar-refractivity contribution in [3.05, 3.63) is 30.1 Å². The van der Waals surface area contributed by atoms with Gasteiger partial charge in [0.1, 0.15) is 5.82 Å². The van der Waals surface area contributed by atoms with Gasteiger partial charge < -0.3 is 15.5 Å². The van der Waals surface area contributed by atoms with Crippen LogP contribution < -0.4 is 10.6 Å². The van der Waals surface area contributed by atoms with Crippen LogP contribution in [0.5, 0.6) is 0 Å². The van der Waals surface area contributed by atoms with E-state index in [4.69, 9.17) is 0 Å². The molecule has 0 bridgehead atoms. The van der Waals surface area contributed by atoms with Crippen LogP contribution in [0.2, 0.25) is 0 Å². The summed E-state index contributed by atoms with van der Waals surface area (Å²) in [5.74, 6) is 0.469. The molecule has 6 nitrogen and oxygen atoms in total. The lowest BCUT2D eigenvalue weighted by Crippen LogP contribution is -2.50. The van der Waals surface area contributed by atoms with Crippen molar-refractivity contribution in [3.63, 3.8) is 0 Å². The van der Waals surface area contributed by atoms with Crippen molar-refractivity contribution in [2.24, 2.45) is 5.92 Å². The third kappa shape index (κ3) is 8.46. The van der Waals surface area contributed by atoms with Crippen molar-refractivity contribution < 1.29 is 14.0 Å². The highest BCUT2D eigenvalue weighted by Gasteiger charge is 2.23. The zero-order valence-electron chi connectivity index (χ0n) is 16.6. The topological polar surface area (TPSA) is 64.7 Å². The molecule has 2 amide bonds. The molecule has 164 valence electrons. The van der Waals surface area contributed by atoms with Gasteiger partial charge in [-0.25, -0.2) is 4.39 Å². The lowest BCUT2D eigenvalue weighted by Gasteiger charge is -2.34. The molecular weight excluding hydrogens is 418 g/mol. The van der Waals surface area contributed by atoms with E-state index in [0.717, 1.165) is 19.5 Å². The SMILES string of the molecule is Cl.Cl.O=C(CN1CCN(C(=O)CCC2CCNCC2)CC1)Nc1ccc(F)cc1. The van der Waals surface area contributed by atoms with E-state index in [1.54, 1.807) is 12.1 Å². The number of amides is 2. The van der Waals surface area contributed by atoms with E-state index in [9.17, 15) is 14.0 Å². The molecule has 2 N–H and O–H groups in total. The summed E-state index contributed by atoms with van der Waals surface area (Å²) >= 11 is 0. The number of carbonyl (C=O) groups excluding carboxylic acids is 2. The predicted molar refractivity (Wildman–Crippen MR) is 117 cm³/mol. The Labute approximate surface area is 184 Å². The quantitative estimate of drug-likeness (QED) is 0.701. The molecular formula is C20H31Cl2FN4O2. The summed E-state index contributed by atoms with van der Waals surface area (Å²) in [4.78, 5) is 28.5. The highest BCUT2D eigenvalue weighted by Crippen LogP contribution is 2.18. The van der Waals surface area contributed by atoms with Gasteiger partial charge >= 0.3 is 0 Å². The maximum Gasteiger partial charge on any atom is 0.238 e. The number of hydrogen-bond acceptors (Lipinski definition) is 4. The average Bonchev–Trinajstić information content (AvgIpc) is 2.69. The van der Waals surface area contributed by atoms with E-state index in [0.29, 0.717) is 44.2 Å². The molecule has 0 spiro atoms. The van der Waals surface area contributed by atoms with Gasteiger partial charge in [0.05, 0.1) is 6.54 Å². The van der Waals surface area contributed by atoms with Crippen molar-refractivity contribution in [3.8, 4) is 0 Å². The molecule has 0 aliphatic carbocycles. The minimum Gasteiger partial charge on any atom is -0.340 e. The molecule has 0 radical (unpaired) electrons. The van der Waals surface area contributed by atoms with Gasteiger partial charge in [0.15, 0.2) is 0 Å². The van der Waals surface area contributed by atoms with Crippen molar-refractivity contribution in [1.82, 2.24) is 15.1 Å². The number of rotatable bonds is 6. The van der Waals surface area contributed by atoms with Gasteiger partial charge in [-0.05, 0) is 62.5 Å². The highest BCUT2D eigenvalue weighted by atomic mass is 35.5. The van der Waals surface area contributed by atoms with Crippen LogP contribution in [0.3, 0.4) is 0 Å². The van der Waals surface area contributed by atoms with Gasteiger partial charge in [-0.15, -0.1) is 24.8 Å². The molecule has 1 aromatic carbocycles. The zero-order chi connectivity index (χ0) is 19.1. The van der Waals surface area contributed by atoms with Crippen molar-refractivity contribution in [2.45, 2.75) is 25.7 Å². The smallest absolute Gasteiger partial charge is 0.238 e. The van der Waals surface area contributed by atoms with Crippen LogP contribution in [0.4, 0.5) is 10.1 Å². The lowest BCUT2D eigenvalue weighted by atomic mass is 9.93. The molecule has 1 aromatic rings. The van der Waals surface area contributed by atoms with Crippen LogP contribution in [0.15, 0.2) is 24.3 Å². The number of nitrogens with zero attached hydrogens (tertiary/aromatic N) is 2. The number of hydrogen-bond donors (Lipinski definition) is 2. The first-order chi connectivity index (χ1) is 13.1. The summed E-state index contributed by atoms with van der Waals surface area (Å²) in [6.07, 6.45) is 3.96. The Morgan fingerprint density at radius 1 is 1.03 bits per heavy atom. The molecule has 0 aromatic heterocycles. The Bertz CT molecular complexity index is 634. The van der Waals surface area contributed by atoms with Gasteiger partial charge in [-0.2, -0.15) is 0 Å². The summed E-state index contributed by atoms with van der Waals surface area (Å²) in [5, 5.41) is 6.13. The van der Waals surface area contributed by atoms with E-state index in [-0.39, 0.29) is 49.0 Å². The monoisotopic (exact) mass is 448 g/mol. The fraction of sp³-hybridized carbons (Fsp3) is 0.600. The first-order valence-corrected chi connectivity index (χ1v) is 9.86. The molecule has 0 saturated carbocycles. The molecule has 2 saturated heterocycles. The minimum absolute atomic E-state index is 0. The van der Waals surface area contributed by atoms with Gasteiger partial charge in [0.2, 0.25) is 11.8 Å². The third-order valence-corrected chi connectivity index (χ3v) is 5.45. The van der Waals surface area contributed by atoms with Crippen molar-refractivity contribution in [2.75, 3.05) is 51.1 Å². The minimum atomic E-state index is -0.325. The second-order valence-corrected chi connectivity index (χ2v) is 7.44. The second-order valence-electron chi connectivity index (χ2n) is 7.44. The molecule has 2 aliphatic heterocycles. The van der Waals surface area contributed by atoms with Gasteiger partial charge in [-0.1, -0.05) is 0 Å². The molecule has 2 fully saturated rings. The second kappa shape index (κ2) is 13.0.